The van der Waals surface area contributed by atoms with Gasteiger partial charge in [0.05, 0.1) is 55.4 Å². The fourth-order valence-corrected chi connectivity index (χ4v) is 5.35. The number of methoxy groups -OCH3 is 2. The molecule has 238 valence electrons. The molecule has 1 amide bonds. The first kappa shape index (κ1) is 32.4. The van der Waals surface area contributed by atoms with E-state index in [9.17, 15) is 14.7 Å². The molecule has 2 aromatic carbocycles. The van der Waals surface area contributed by atoms with Crippen molar-refractivity contribution in [1.82, 2.24) is 24.6 Å². The van der Waals surface area contributed by atoms with Crippen molar-refractivity contribution in [2.24, 2.45) is 0 Å². The van der Waals surface area contributed by atoms with Gasteiger partial charge in [0.1, 0.15) is 11.4 Å². The number of halogens is 1. The zero-order valence-corrected chi connectivity index (χ0v) is 26.9. The average Bonchev–Trinajstić information content (AvgIpc) is 3.48. The first-order valence-electron chi connectivity index (χ1n) is 14.5. The predicted molar refractivity (Wildman–Crippen MR) is 175 cm³/mol. The molecule has 0 atom stereocenters. The van der Waals surface area contributed by atoms with Crippen molar-refractivity contribution in [3.8, 4) is 39.8 Å². The Morgan fingerprint density at radius 2 is 1.76 bits per heavy atom. The van der Waals surface area contributed by atoms with E-state index in [2.05, 4.69) is 15.1 Å². The summed E-state index contributed by atoms with van der Waals surface area (Å²) in [6, 6.07) is 16.6. The third-order valence-electron chi connectivity index (χ3n) is 7.14. The summed E-state index contributed by atoms with van der Waals surface area (Å²) in [7, 11) is 3.00. The molecular weight excluding hydrogens is 610 g/mol. The minimum Gasteiger partial charge on any atom is -0.496 e. The van der Waals surface area contributed by atoms with E-state index in [1.165, 1.54) is 19.1 Å². The summed E-state index contributed by atoms with van der Waals surface area (Å²) in [4.78, 5) is 34.7. The standard InChI is InChI=1S/C34H34ClN5O6/c1-34(2,3)46-33(43)39(14-15-41)19-22-17-36-30(16-29(22)44-4)40-28-11-7-8-23(26(28)18-37-40)24-9-6-10-25(31(24)35)27-13-12-21(20-42)32(38-27)45-5/h6-13,16-18,20,41H,14-15,19H2,1-5H3. The van der Waals surface area contributed by atoms with Crippen LogP contribution in [-0.4, -0.2) is 75.1 Å². The third kappa shape index (κ3) is 6.65. The molecule has 5 rings (SSSR count). The van der Waals surface area contributed by atoms with Crippen LogP contribution in [0.5, 0.6) is 11.6 Å². The lowest BCUT2D eigenvalue weighted by molar-refractivity contribution is 0.0200. The number of aliphatic hydroxyl groups excluding tert-OH is 1. The van der Waals surface area contributed by atoms with Crippen molar-refractivity contribution in [2.75, 3.05) is 27.4 Å². The first-order valence-corrected chi connectivity index (χ1v) is 14.8. The minimum absolute atomic E-state index is 0.0871. The number of aldehydes is 1. The highest BCUT2D eigenvalue weighted by Crippen LogP contribution is 2.39. The van der Waals surface area contributed by atoms with E-state index in [-0.39, 0.29) is 25.6 Å². The molecule has 0 aliphatic rings. The SMILES string of the molecule is COc1cc(-n2ncc3c(-c4cccc(-c5ccc(C=O)c(OC)n5)c4Cl)cccc32)ncc1CN(CCO)C(=O)OC(C)(C)C. The molecule has 0 saturated heterocycles. The second-order valence-electron chi connectivity index (χ2n) is 11.4. The molecule has 1 N–H and O–H groups in total. The molecule has 5 aromatic rings. The number of aromatic nitrogens is 4. The van der Waals surface area contributed by atoms with Crippen LogP contribution in [0.15, 0.2) is 67.0 Å². The summed E-state index contributed by atoms with van der Waals surface area (Å²) >= 11 is 6.99. The van der Waals surface area contributed by atoms with Crippen LogP contribution < -0.4 is 9.47 Å². The van der Waals surface area contributed by atoms with Crippen molar-refractivity contribution >= 4 is 34.9 Å². The smallest absolute Gasteiger partial charge is 0.410 e. The molecule has 0 aliphatic carbocycles. The van der Waals surface area contributed by atoms with Gasteiger partial charge in [0.2, 0.25) is 5.88 Å². The van der Waals surface area contributed by atoms with Gasteiger partial charge in [0.15, 0.2) is 12.1 Å². The number of fused-ring (bicyclic) bond motifs is 1. The van der Waals surface area contributed by atoms with Gasteiger partial charge in [-0.15, -0.1) is 0 Å². The van der Waals surface area contributed by atoms with E-state index in [1.807, 2.05) is 36.4 Å². The van der Waals surface area contributed by atoms with Crippen molar-refractivity contribution in [1.29, 1.82) is 0 Å². The van der Waals surface area contributed by atoms with Crippen LogP contribution in [0.2, 0.25) is 5.02 Å². The van der Waals surface area contributed by atoms with E-state index in [0.29, 0.717) is 45.3 Å². The van der Waals surface area contributed by atoms with Gasteiger partial charge in [-0.25, -0.2) is 19.4 Å². The van der Waals surface area contributed by atoms with Crippen LogP contribution in [0.3, 0.4) is 0 Å². The molecule has 46 heavy (non-hydrogen) atoms. The second kappa shape index (κ2) is 13.6. The van der Waals surface area contributed by atoms with Crippen LogP contribution in [-0.2, 0) is 11.3 Å². The molecular formula is C34H34ClN5O6. The Morgan fingerprint density at radius 1 is 1.02 bits per heavy atom. The minimum atomic E-state index is -0.685. The highest BCUT2D eigenvalue weighted by molar-refractivity contribution is 6.36. The maximum absolute atomic E-state index is 12.8. The molecule has 0 unspecified atom stereocenters. The number of nitrogens with zero attached hydrogens (tertiary/aromatic N) is 5. The highest BCUT2D eigenvalue weighted by Gasteiger charge is 2.24. The first-order chi connectivity index (χ1) is 22.1. The molecule has 0 spiro atoms. The Hall–Kier alpha value is -5.00. The molecule has 3 aromatic heterocycles. The summed E-state index contributed by atoms with van der Waals surface area (Å²) < 4.78 is 18.2. The van der Waals surface area contributed by atoms with Crippen molar-refractivity contribution in [3.05, 3.63) is 83.1 Å². The molecule has 0 aliphatic heterocycles. The van der Waals surface area contributed by atoms with Crippen molar-refractivity contribution in [3.63, 3.8) is 0 Å². The molecule has 0 radical (unpaired) electrons. The topological polar surface area (TPSA) is 129 Å². The van der Waals surface area contributed by atoms with Crippen LogP contribution in [0, 0.1) is 0 Å². The number of carbonyl (C=O) groups is 2. The number of amides is 1. The van der Waals surface area contributed by atoms with E-state index in [1.54, 1.807) is 56.0 Å². The van der Waals surface area contributed by atoms with Gasteiger partial charge < -0.3 is 24.2 Å². The molecule has 0 saturated carbocycles. The summed E-state index contributed by atoms with van der Waals surface area (Å²) in [6.45, 7) is 5.34. The van der Waals surface area contributed by atoms with Gasteiger partial charge in [-0.2, -0.15) is 5.10 Å². The van der Waals surface area contributed by atoms with Crippen molar-refractivity contribution in [2.45, 2.75) is 32.9 Å². The largest absolute Gasteiger partial charge is 0.496 e. The molecule has 3 heterocycles. The maximum Gasteiger partial charge on any atom is 0.410 e. The van der Waals surface area contributed by atoms with Gasteiger partial charge in [0.25, 0.3) is 0 Å². The van der Waals surface area contributed by atoms with Crippen molar-refractivity contribution < 1.29 is 28.9 Å². The number of rotatable bonds is 10. The van der Waals surface area contributed by atoms with E-state index < -0.39 is 11.7 Å². The van der Waals surface area contributed by atoms with E-state index in [0.717, 1.165) is 22.0 Å². The summed E-state index contributed by atoms with van der Waals surface area (Å²) in [6.07, 6.45) is 3.52. The number of carbonyl (C=O) groups excluding carboxylic acids is 2. The van der Waals surface area contributed by atoms with Gasteiger partial charge in [0, 0.05) is 40.9 Å². The Labute approximate surface area is 271 Å². The van der Waals surface area contributed by atoms with Crippen LogP contribution in [0.4, 0.5) is 4.79 Å². The third-order valence-corrected chi connectivity index (χ3v) is 7.54. The quantitative estimate of drug-likeness (QED) is 0.173. The number of ether oxygens (including phenoxy) is 3. The Morgan fingerprint density at radius 3 is 2.46 bits per heavy atom. The lowest BCUT2D eigenvalue weighted by Crippen LogP contribution is -2.38. The molecule has 0 fully saturated rings. The zero-order chi connectivity index (χ0) is 33.0. The van der Waals surface area contributed by atoms with Crippen LogP contribution in [0.1, 0.15) is 36.7 Å². The lowest BCUT2D eigenvalue weighted by atomic mass is 9.98. The van der Waals surface area contributed by atoms with Crippen LogP contribution in [0.25, 0.3) is 39.1 Å². The number of hydrogen-bond acceptors (Lipinski definition) is 9. The fraction of sp³-hybridized carbons (Fsp3) is 0.265. The molecule has 12 heteroatoms. The number of pyridine rings is 2. The molecule has 0 bridgehead atoms. The molecule has 11 nitrogen and oxygen atoms in total. The summed E-state index contributed by atoms with van der Waals surface area (Å²) in [5.41, 5.74) is 3.96. The predicted octanol–water partition coefficient (Wildman–Crippen LogP) is 6.36. The number of hydrogen-bond donors (Lipinski definition) is 1. The summed E-state index contributed by atoms with van der Waals surface area (Å²) in [5, 5.41) is 15.5. The Balaban J connectivity index is 1.50. The van der Waals surface area contributed by atoms with E-state index >= 15 is 0 Å². The van der Waals surface area contributed by atoms with Gasteiger partial charge >= 0.3 is 6.09 Å². The highest BCUT2D eigenvalue weighted by atomic mass is 35.5. The van der Waals surface area contributed by atoms with Gasteiger partial charge in [-0.05, 0) is 44.5 Å². The monoisotopic (exact) mass is 643 g/mol. The Kier molecular flexibility index (Phi) is 9.54. The number of aliphatic hydroxyl groups is 1. The summed E-state index contributed by atoms with van der Waals surface area (Å²) in [5.74, 6) is 1.22. The van der Waals surface area contributed by atoms with Gasteiger partial charge in [-0.3, -0.25) is 4.79 Å². The van der Waals surface area contributed by atoms with E-state index in [4.69, 9.17) is 25.8 Å². The Bertz CT molecular complexity index is 1900. The second-order valence-corrected chi connectivity index (χ2v) is 11.7. The van der Waals surface area contributed by atoms with Crippen LogP contribution >= 0.6 is 11.6 Å². The normalized spacial score (nSPS) is 11.4. The average molecular weight is 644 g/mol. The zero-order valence-electron chi connectivity index (χ0n) is 26.2. The fourth-order valence-electron chi connectivity index (χ4n) is 5.03. The maximum atomic E-state index is 12.8. The van der Waals surface area contributed by atoms with Gasteiger partial charge in [-0.1, -0.05) is 41.9 Å². The number of benzene rings is 2. The lowest BCUT2D eigenvalue weighted by Gasteiger charge is -2.27.